The van der Waals surface area contributed by atoms with Gasteiger partial charge in [0.25, 0.3) is 0 Å². The van der Waals surface area contributed by atoms with Gasteiger partial charge in [-0.2, -0.15) is 0 Å². The van der Waals surface area contributed by atoms with Crippen molar-refractivity contribution in [3.05, 3.63) is 198 Å². The standard InChI is InChI=1S/C53H36N2/c1-2-13-34(14-3-1)37-18-12-19-40(29-37)55-50-24-11-9-22-44(50)48-33-45(47-32-38-17-6-7-20-42(38)52(47)53(48)55)39-26-28-51-46(31-39)43-21-8-10-23-49(43)54(51)41-27-25-35-15-4-5-16-36(35)30-41/h1-10,12-23,25-31,33H,11,24,32H2. The molecule has 0 N–H and O–H groups in total. The summed E-state index contributed by atoms with van der Waals surface area (Å²) in [5.41, 5.74) is 19.6. The van der Waals surface area contributed by atoms with Gasteiger partial charge in [0.1, 0.15) is 0 Å². The van der Waals surface area contributed by atoms with Gasteiger partial charge in [0.05, 0.1) is 16.6 Å². The highest BCUT2D eigenvalue weighted by atomic mass is 15.0. The quantitative estimate of drug-likeness (QED) is 0.173. The summed E-state index contributed by atoms with van der Waals surface area (Å²) in [4.78, 5) is 0. The third-order valence-corrected chi connectivity index (χ3v) is 12.2. The van der Waals surface area contributed by atoms with Gasteiger partial charge in [0.15, 0.2) is 0 Å². The van der Waals surface area contributed by atoms with Crippen LogP contribution in [0.25, 0.3) is 94.3 Å². The molecule has 0 fully saturated rings. The molecule has 2 heterocycles. The molecule has 10 aromatic rings. The summed E-state index contributed by atoms with van der Waals surface area (Å²) in [6, 6.07) is 63.0. The Balaban J connectivity index is 1.12. The Bertz CT molecular complexity index is 3230. The van der Waals surface area contributed by atoms with E-state index in [0.29, 0.717) is 0 Å². The Kier molecular flexibility index (Phi) is 6.55. The third kappa shape index (κ3) is 4.55. The Hall–Kier alpha value is -6.90. The maximum atomic E-state index is 2.60. The molecule has 0 aliphatic heterocycles. The summed E-state index contributed by atoms with van der Waals surface area (Å²) in [6.07, 6.45) is 7.73. The van der Waals surface area contributed by atoms with Crippen LogP contribution in [0.2, 0.25) is 0 Å². The van der Waals surface area contributed by atoms with Crippen molar-refractivity contribution in [3.63, 3.8) is 0 Å². The third-order valence-electron chi connectivity index (χ3n) is 12.2. The highest BCUT2D eigenvalue weighted by Gasteiger charge is 2.30. The molecular weight excluding hydrogens is 665 g/mol. The molecule has 0 saturated carbocycles. The summed E-state index contributed by atoms with van der Waals surface area (Å²) < 4.78 is 5.04. The lowest BCUT2D eigenvalue weighted by Gasteiger charge is -2.17. The SMILES string of the molecule is C1=Cc2c(n(-c3cccc(-c4ccccc4)c3)c3c4c(c(-c5ccc6c(c5)c5ccccc5n6-c5ccc6ccccc6c5)cc23)Cc2ccccc2-4)CC1. The van der Waals surface area contributed by atoms with Crippen LogP contribution in [0, 0.1) is 0 Å². The lowest BCUT2D eigenvalue weighted by atomic mass is 9.91. The maximum Gasteiger partial charge on any atom is 0.0619 e. The fourth-order valence-corrected chi connectivity index (χ4v) is 9.73. The fourth-order valence-electron chi connectivity index (χ4n) is 9.73. The second-order valence-electron chi connectivity index (χ2n) is 15.2. The van der Waals surface area contributed by atoms with Crippen molar-refractivity contribution < 1.29 is 0 Å². The molecule has 0 spiro atoms. The van der Waals surface area contributed by atoms with E-state index in [1.807, 2.05) is 0 Å². The Morgan fingerprint density at radius 3 is 2.18 bits per heavy atom. The molecular formula is C53H36N2. The largest absolute Gasteiger partial charge is 0.312 e. The van der Waals surface area contributed by atoms with Gasteiger partial charge in [-0.3, -0.25) is 0 Å². The Labute approximate surface area is 319 Å². The molecule has 0 radical (unpaired) electrons. The molecule has 0 unspecified atom stereocenters. The van der Waals surface area contributed by atoms with Gasteiger partial charge in [-0.25, -0.2) is 0 Å². The number of allylic oxidation sites excluding steroid dienone is 1. The van der Waals surface area contributed by atoms with Gasteiger partial charge >= 0.3 is 0 Å². The monoisotopic (exact) mass is 700 g/mol. The van der Waals surface area contributed by atoms with Gasteiger partial charge < -0.3 is 9.13 Å². The normalized spacial score (nSPS) is 13.2. The van der Waals surface area contributed by atoms with E-state index in [0.717, 1.165) is 19.3 Å². The Morgan fingerprint density at radius 2 is 1.24 bits per heavy atom. The van der Waals surface area contributed by atoms with Crippen LogP contribution in [0.4, 0.5) is 0 Å². The minimum absolute atomic E-state index is 0.920. The van der Waals surface area contributed by atoms with Gasteiger partial charge in [-0.05, 0) is 118 Å². The number of benzene rings is 8. The van der Waals surface area contributed by atoms with E-state index >= 15 is 0 Å². The van der Waals surface area contributed by atoms with Crippen molar-refractivity contribution >= 4 is 49.6 Å². The zero-order valence-electron chi connectivity index (χ0n) is 30.3. The van der Waals surface area contributed by atoms with E-state index < -0.39 is 0 Å². The van der Waals surface area contributed by atoms with E-state index in [4.69, 9.17) is 0 Å². The first-order valence-corrected chi connectivity index (χ1v) is 19.5. The summed E-state index contributed by atoms with van der Waals surface area (Å²) in [6.45, 7) is 0. The predicted molar refractivity (Wildman–Crippen MR) is 232 cm³/mol. The average molecular weight is 701 g/mol. The van der Waals surface area contributed by atoms with Crippen molar-refractivity contribution in [1.82, 2.24) is 9.13 Å². The molecule has 12 rings (SSSR count). The van der Waals surface area contributed by atoms with E-state index in [1.165, 1.54) is 111 Å². The maximum absolute atomic E-state index is 2.60. The van der Waals surface area contributed by atoms with E-state index in [1.54, 1.807) is 0 Å². The van der Waals surface area contributed by atoms with Crippen LogP contribution in [0.5, 0.6) is 0 Å². The van der Waals surface area contributed by atoms with Crippen LogP contribution in [-0.4, -0.2) is 9.13 Å². The molecule has 2 nitrogen and oxygen atoms in total. The van der Waals surface area contributed by atoms with Crippen LogP contribution in [-0.2, 0) is 12.8 Å². The molecule has 2 aliphatic carbocycles. The smallest absolute Gasteiger partial charge is 0.0619 e. The van der Waals surface area contributed by atoms with Crippen molar-refractivity contribution in [1.29, 1.82) is 0 Å². The molecule has 0 bridgehead atoms. The lowest BCUT2D eigenvalue weighted by molar-refractivity contribution is 0.889. The first-order chi connectivity index (χ1) is 27.3. The zero-order chi connectivity index (χ0) is 36.0. The van der Waals surface area contributed by atoms with Crippen LogP contribution < -0.4 is 0 Å². The Morgan fingerprint density at radius 1 is 0.455 bits per heavy atom. The van der Waals surface area contributed by atoms with Crippen molar-refractivity contribution in [2.45, 2.75) is 19.3 Å². The molecule has 0 amide bonds. The number of aromatic nitrogens is 2. The number of rotatable bonds is 4. The molecule has 0 atom stereocenters. The summed E-state index contributed by atoms with van der Waals surface area (Å²) in [5, 5.41) is 6.40. The highest BCUT2D eigenvalue weighted by molar-refractivity contribution is 6.13. The second-order valence-corrected chi connectivity index (χ2v) is 15.2. The van der Waals surface area contributed by atoms with Crippen molar-refractivity contribution in [2.24, 2.45) is 0 Å². The van der Waals surface area contributed by atoms with Crippen LogP contribution in [0.3, 0.4) is 0 Å². The fraction of sp³-hybridized carbons (Fsp3) is 0.0566. The average Bonchev–Trinajstić information content (AvgIpc) is 3.91. The molecule has 2 heteroatoms. The summed E-state index contributed by atoms with van der Waals surface area (Å²) in [5.74, 6) is 0. The number of para-hydroxylation sites is 1. The van der Waals surface area contributed by atoms with Gasteiger partial charge in [-0.1, -0.05) is 133 Å². The number of hydrogen-bond acceptors (Lipinski definition) is 0. The van der Waals surface area contributed by atoms with Crippen molar-refractivity contribution in [2.75, 3.05) is 0 Å². The van der Waals surface area contributed by atoms with Crippen molar-refractivity contribution in [3.8, 4) is 44.8 Å². The molecule has 55 heavy (non-hydrogen) atoms. The second kappa shape index (κ2) is 11.8. The number of nitrogens with zero attached hydrogens (tertiary/aromatic N) is 2. The minimum Gasteiger partial charge on any atom is -0.312 e. The zero-order valence-corrected chi connectivity index (χ0v) is 30.3. The lowest BCUT2D eigenvalue weighted by Crippen LogP contribution is -2.04. The minimum atomic E-state index is 0.920. The molecule has 8 aromatic carbocycles. The molecule has 2 aliphatic rings. The molecule has 258 valence electrons. The van der Waals surface area contributed by atoms with E-state index in [2.05, 4.69) is 191 Å². The van der Waals surface area contributed by atoms with Gasteiger partial charge in [0.2, 0.25) is 0 Å². The molecule has 0 saturated heterocycles. The van der Waals surface area contributed by atoms with Crippen LogP contribution in [0.1, 0.15) is 28.8 Å². The first-order valence-electron chi connectivity index (χ1n) is 19.5. The topological polar surface area (TPSA) is 9.86 Å². The molecule has 2 aromatic heterocycles. The summed E-state index contributed by atoms with van der Waals surface area (Å²) in [7, 11) is 0. The number of hydrogen-bond donors (Lipinski definition) is 0. The predicted octanol–water partition coefficient (Wildman–Crippen LogP) is 13.7. The van der Waals surface area contributed by atoms with E-state index in [-0.39, 0.29) is 0 Å². The van der Waals surface area contributed by atoms with Crippen LogP contribution >= 0.6 is 0 Å². The van der Waals surface area contributed by atoms with Crippen LogP contribution in [0.15, 0.2) is 176 Å². The van der Waals surface area contributed by atoms with E-state index in [9.17, 15) is 0 Å². The highest BCUT2D eigenvalue weighted by Crippen LogP contribution is 2.50. The van der Waals surface area contributed by atoms with Gasteiger partial charge in [0, 0.05) is 44.4 Å². The number of fused-ring (bicyclic) bond motifs is 11. The van der Waals surface area contributed by atoms with Gasteiger partial charge in [-0.15, -0.1) is 0 Å². The first kappa shape index (κ1) is 30.6. The summed E-state index contributed by atoms with van der Waals surface area (Å²) >= 11 is 0.